The van der Waals surface area contributed by atoms with Gasteiger partial charge in [0.05, 0.1) is 15.8 Å². The van der Waals surface area contributed by atoms with Crippen LogP contribution in [0.15, 0.2) is 23.1 Å². The van der Waals surface area contributed by atoms with Crippen LogP contribution in [0.3, 0.4) is 0 Å². The lowest BCUT2D eigenvalue weighted by Gasteiger charge is -2.33. The Kier molecular flexibility index (Phi) is 3.06. The quantitative estimate of drug-likeness (QED) is 0.869. The zero-order valence-electron chi connectivity index (χ0n) is 10.3. The minimum atomic E-state index is -3.35. The maximum absolute atomic E-state index is 12.2. The number of carboxylic acid groups (broad SMARTS) is 1. The fraction of sp³-hybridized carbons (Fsp3) is 0.417. The van der Waals surface area contributed by atoms with Crippen molar-refractivity contribution >= 4 is 21.5 Å². The van der Waals surface area contributed by atoms with Crippen molar-refractivity contribution in [2.24, 2.45) is 0 Å². The molecule has 1 atom stereocenters. The number of aryl methyl sites for hydroxylation is 1. The smallest absolute Gasteiger partial charge is 0.323 e. The summed E-state index contributed by atoms with van der Waals surface area (Å²) in [6.07, 6.45) is 0. The molecule has 0 radical (unpaired) electrons. The highest BCUT2D eigenvalue weighted by Gasteiger charge is 2.35. The largest absolute Gasteiger partial charge is 0.480 e. The fourth-order valence-corrected chi connectivity index (χ4v) is 3.80. The zero-order valence-corrected chi connectivity index (χ0v) is 11.1. The second-order valence-corrected chi connectivity index (χ2v) is 6.94. The van der Waals surface area contributed by atoms with E-state index in [4.69, 9.17) is 5.11 Å². The summed E-state index contributed by atoms with van der Waals surface area (Å²) in [5.74, 6) is -0.965. The number of hydrogen-bond donors (Lipinski definition) is 1. The van der Waals surface area contributed by atoms with E-state index >= 15 is 0 Å². The molecule has 18 heavy (non-hydrogen) atoms. The molecule has 1 N–H and O–H groups in total. The minimum absolute atomic E-state index is 0.185. The summed E-state index contributed by atoms with van der Waals surface area (Å²) in [6, 6.07) is 5.07. The van der Waals surface area contributed by atoms with E-state index in [0.29, 0.717) is 5.69 Å². The highest BCUT2D eigenvalue weighted by Crippen LogP contribution is 2.34. The van der Waals surface area contributed by atoms with Crippen molar-refractivity contribution in [2.75, 3.05) is 18.0 Å². The number of carbonyl (C=O) groups is 1. The molecule has 1 aliphatic rings. The van der Waals surface area contributed by atoms with Crippen LogP contribution >= 0.6 is 0 Å². The van der Waals surface area contributed by atoms with Crippen molar-refractivity contribution in [3.8, 4) is 0 Å². The van der Waals surface area contributed by atoms with Gasteiger partial charge in [-0.3, -0.25) is 4.79 Å². The van der Waals surface area contributed by atoms with E-state index in [1.165, 1.54) is 0 Å². The maximum atomic E-state index is 12.2. The molecule has 0 fully saturated rings. The van der Waals surface area contributed by atoms with Gasteiger partial charge in [0.1, 0.15) is 6.54 Å². The maximum Gasteiger partial charge on any atom is 0.323 e. The molecule has 0 saturated carbocycles. The summed E-state index contributed by atoms with van der Waals surface area (Å²) >= 11 is 0. The average Bonchev–Trinajstić information content (AvgIpc) is 2.25. The van der Waals surface area contributed by atoms with Crippen molar-refractivity contribution in [3.63, 3.8) is 0 Å². The van der Waals surface area contributed by atoms with E-state index in [2.05, 4.69) is 0 Å². The van der Waals surface area contributed by atoms with Crippen LogP contribution < -0.4 is 4.90 Å². The Balaban J connectivity index is 2.58. The van der Waals surface area contributed by atoms with Gasteiger partial charge in [-0.1, -0.05) is 6.07 Å². The molecule has 5 nitrogen and oxygen atoms in total. The number of sulfone groups is 1. The monoisotopic (exact) mass is 269 g/mol. The molecule has 98 valence electrons. The van der Waals surface area contributed by atoms with E-state index in [-0.39, 0.29) is 18.0 Å². The molecule has 1 heterocycles. The van der Waals surface area contributed by atoms with E-state index in [1.807, 2.05) is 6.92 Å². The third-order valence-corrected chi connectivity index (χ3v) is 5.24. The molecule has 0 saturated heterocycles. The Morgan fingerprint density at radius 2 is 2.17 bits per heavy atom. The highest BCUT2D eigenvalue weighted by atomic mass is 32.2. The normalized spacial score (nSPS) is 21.4. The van der Waals surface area contributed by atoms with Crippen LogP contribution in [0.4, 0.5) is 5.69 Å². The van der Waals surface area contributed by atoms with Gasteiger partial charge >= 0.3 is 5.97 Å². The molecule has 1 aliphatic heterocycles. The first kappa shape index (κ1) is 12.9. The first-order chi connectivity index (χ1) is 8.32. The fourth-order valence-electron chi connectivity index (χ4n) is 2.15. The Hall–Kier alpha value is -1.56. The lowest BCUT2D eigenvalue weighted by Crippen LogP contribution is -2.43. The summed E-state index contributed by atoms with van der Waals surface area (Å²) in [6.45, 7) is 3.45. The zero-order chi connectivity index (χ0) is 13.5. The third kappa shape index (κ3) is 2.08. The van der Waals surface area contributed by atoms with Gasteiger partial charge < -0.3 is 10.0 Å². The molecule has 0 spiro atoms. The molecule has 1 unspecified atom stereocenters. The average molecular weight is 269 g/mol. The second kappa shape index (κ2) is 4.28. The first-order valence-corrected chi connectivity index (χ1v) is 7.18. The molecule has 2 rings (SSSR count). The summed E-state index contributed by atoms with van der Waals surface area (Å²) in [7, 11) is -3.35. The van der Waals surface area contributed by atoms with Crippen LogP contribution in [0.2, 0.25) is 0 Å². The number of carboxylic acids is 1. The number of benzene rings is 1. The molecule has 1 aromatic rings. The van der Waals surface area contributed by atoms with Gasteiger partial charge in [-0.25, -0.2) is 8.42 Å². The van der Waals surface area contributed by atoms with Gasteiger partial charge in [-0.2, -0.15) is 0 Å². The predicted octanol–water partition coefficient (Wildman–Crippen LogP) is 1.06. The standard InChI is InChI=1S/C12H15NO4S/c1-8-3-4-10-11(5-8)18(16,17)9(2)6-13(10)7-12(14)15/h3-5,9H,6-7H2,1-2H3,(H,14,15). The van der Waals surface area contributed by atoms with Crippen molar-refractivity contribution in [3.05, 3.63) is 23.8 Å². The van der Waals surface area contributed by atoms with Gasteiger partial charge in [0.15, 0.2) is 9.84 Å². The first-order valence-electron chi connectivity index (χ1n) is 5.63. The summed E-state index contributed by atoms with van der Waals surface area (Å²) in [5, 5.41) is 8.28. The van der Waals surface area contributed by atoms with Crippen molar-refractivity contribution in [2.45, 2.75) is 24.0 Å². The van der Waals surface area contributed by atoms with Gasteiger partial charge in [0, 0.05) is 6.54 Å². The molecule has 0 amide bonds. The highest BCUT2D eigenvalue weighted by molar-refractivity contribution is 7.92. The summed E-state index contributed by atoms with van der Waals surface area (Å²) in [5.41, 5.74) is 1.34. The van der Waals surface area contributed by atoms with E-state index in [9.17, 15) is 13.2 Å². The SMILES string of the molecule is Cc1ccc2c(c1)S(=O)(=O)C(C)CN2CC(=O)O. The van der Waals surface area contributed by atoms with E-state index in [1.54, 1.807) is 30.0 Å². The number of aliphatic carboxylic acids is 1. The Bertz CT molecular complexity index is 594. The van der Waals surface area contributed by atoms with Gasteiger partial charge in [-0.05, 0) is 31.5 Å². The molecular formula is C12H15NO4S. The number of nitrogens with zero attached hydrogens (tertiary/aromatic N) is 1. The van der Waals surface area contributed by atoms with Crippen molar-refractivity contribution < 1.29 is 18.3 Å². The minimum Gasteiger partial charge on any atom is -0.480 e. The number of anilines is 1. The third-order valence-electron chi connectivity index (χ3n) is 3.10. The number of fused-ring (bicyclic) bond motifs is 1. The Morgan fingerprint density at radius 3 is 2.78 bits per heavy atom. The van der Waals surface area contributed by atoms with Crippen molar-refractivity contribution in [1.82, 2.24) is 0 Å². The Morgan fingerprint density at radius 1 is 1.50 bits per heavy atom. The lowest BCUT2D eigenvalue weighted by molar-refractivity contribution is -0.135. The predicted molar refractivity (Wildman–Crippen MR) is 67.7 cm³/mol. The van der Waals surface area contributed by atoms with Crippen molar-refractivity contribution in [1.29, 1.82) is 0 Å². The van der Waals surface area contributed by atoms with Gasteiger partial charge in [0.2, 0.25) is 0 Å². The Labute approximate surface area is 106 Å². The summed E-state index contributed by atoms with van der Waals surface area (Å²) < 4.78 is 24.4. The second-order valence-electron chi connectivity index (χ2n) is 4.60. The molecule has 6 heteroatoms. The van der Waals surface area contributed by atoms with E-state index < -0.39 is 21.1 Å². The van der Waals surface area contributed by atoms with E-state index in [0.717, 1.165) is 5.56 Å². The summed E-state index contributed by atoms with van der Waals surface area (Å²) in [4.78, 5) is 12.7. The topological polar surface area (TPSA) is 74.7 Å². The van der Waals surface area contributed by atoms with Crippen LogP contribution in [0.5, 0.6) is 0 Å². The molecule has 1 aromatic carbocycles. The molecule has 0 aliphatic carbocycles. The molecule has 0 bridgehead atoms. The van der Waals surface area contributed by atoms with Crippen LogP contribution in [-0.2, 0) is 14.6 Å². The number of hydrogen-bond acceptors (Lipinski definition) is 4. The van der Waals surface area contributed by atoms with Gasteiger partial charge in [0.25, 0.3) is 0 Å². The molecule has 0 aromatic heterocycles. The van der Waals surface area contributed by atoms with Crippen LogP contribution in [0.1, 0.15) is 12.5 Å². The van der Waals surface area contributed by atoms with Crippen LogP contribution in [0.25, 0.3) is 0 Å². The van der Waals surface area contributed by atoms with Crippen LogP contribution in [-0.4, -0.2) is 37.8 Å². The number of rotatable bonds is 2. The lowest BCUT2D eigenvalue weighted by atomic mass is 10.2. The van der Waals surface area contributed by atoms with Crippen LogP contribution in [0, 0.1) is 6.92 Å². The molecular weight excluding hydrogens is 254 g/mol. The van der Waals surface area contributed by atoms with Gasteiger partial charge in [-0.15, -0.1) is 0 Å².